The Bertz CT molecular complexity index is 551. The van der Waals surface area contributed by atoms with E-state index in [-0.39, 0.29) is 18.2 Å². The number of aliphatic hydroxyl groups is 1. The van der Waals surface area contributed by atoms with Crippen LogP contribution in [0.15, 0.2) is 48.5 Å². The van der Waals surface area contributed by atoms with E-state index in [0.717, 1.165) is 5.56 Å². The number of halogens is 2. The van der Waals surface area contributed by atoms with Crippen molar-refractivity contribution >= 4 is 0 Å². The van der Waals surface area contributed by atoms with Crippen molar-refractivity contribution in [3.8, 4) is 0 Å². The topological polar surface area (TPSA) is 20.2 Å². The van der Waals surface area contributed by atoms with E-state index in [1.54, 1.807) is 30.3 Å². The van der Waals surface area contributed by atoms with Crippen molar-refractivity contribution in [1.29, 1.82) is 0 Å². The summed E-state index contributed by atoms with van der Waals surface area (Å²) in [7, 11) is 0. The van der Waals surface area contributed by atoms with E-state index in [1.807, 2.05) is 6.92 Å². The molecule has 0 amide bonds. The van der Waals surface area contributed by atoms with Gasteiger partial charge in [0, 0.05) is 5.41 Å². The second kappa shape index (κ2) is 5.49. The molecule has 1 N–H and O–H groups in total. The molecule has 0 fully saturated rings. The fraction of sp³-hybridized carbons (Fsp3) is 0.250. The standard InChI is InChI=1S/C16H16F2O/c1-16(11-19,13-6-8-14(17)9-7-13)10-12-4-2-3-5-15(12)18/h2-9,19H,10-11H2,1H3. The van der Waals surface area contributed by atoms with Gasteiger partial charge in [-0.15, -0.1) is 0 Å². The van der Waals surface area contributed by atoms with E-state index in [1.165, 1.54) is 18.2 Å². The third kappa shape index (κ3) is 2.99. The Morgan fingerprint density at radius 2 is 1.63 bits per heavy atom. The predicted molar refractivity (Wildman–Crippen MR) is 70.9 cm³/mol. The molecule has 0 spiro atoms. The van der Waals surface area contributed by atoms with Crippen molar-refractivity contribution < 1.29 is 13.9 Å². The highest BCUT2D eigenvalue weighted by Gasteiger charge is 2.27. The van der Waals surface area contributed by atoms with E-state index >= 15 is 0 Å². The van der Waals surface area contributed by atoms with Crippen LogP contribution in [0.25, 0.3) is 0 Å². The van der Waals surface area contributed by atoms with Crippen LogP contribution in [-0.2, 0) is 11.8 Å². The van der Waals surface area contributed by atoms with E-state index in [2.05, 4.69) is 0 Å². The van der Waals surface area contributed by atoms with Crippen molar-refractivity contribution in [2.24, 2.45) is 0 Å². The van der Waals surface area contributed by atoms with E-state index in [9.17, 15) is 13.9 Å². The molecule has 0 saturated heterocycles. The van der Waals surface area contributed by atoms with E-state index in [0.29, 0.717) is 12.0 Å². The van der Waals surface area contributed by atoms with Gasteiger partial charge in [0.1, 0.15) is 11.6 Å². The SMILES string of the molecule is CC(CO)(Cc1ccccc1F)c1ccc(F)cc1. The van der Waals surface area contributed by atoms with Gasteiger partial charge >= 0.3 is 0 Å². The summed E-state index contributed by atoms with van der Waals surface area (Å²) in [6.07, 6.45) is 0.363. The highest BCUT2D eigenvalue weighted by molar-refractivity contribution is 5.30. The van der Waals surface area contributed by atoms with Crippen molar-refractivity contribution in [2.75, 3.05) is 6.61 Å². The molecule has 0 radical (unpaired) electrons. The summed E-state index contributed by atoms with van der Waals surface area (Å²) in [6, 6.07) is 12.5. The van der Waals surface area contributed by atoms with Gasteiger partial charge in [-0.25, -0.2) is 8.78 Å². The minimum Gasteiger partial charge on any atom is -0.395 e. The molecule has 3 heteroatoms. The van der Waals surface area contributed by atoms with Crippen LogP contribution >= 0.6 is 0 Å². The molecule has 0 aliphatic rings. The largest absolute Gasteiger partial charge is 0.395 e. The molecule has 2 aromatic carbocycles. The number of rotatable bonds is 4. The maximum absolute atomic E-state index is 13.7. The van der Waals surface area contributed by atoms with Crippen molar-refractivity contribution in [2.45, 2.75) is 18.8 Å². The lowest BCUT2D eigenvalue weighted by Crippen LogP contribution is -2.30. The Hall–Kier alpha value is -1.74. The molecule has 1 unspecified atom stereocenters. The zero-order valence-corrected chi connectivity index (χ0v) is 10.7. The molecule has 0 saturated carbocycles. The fourth-order valence-corrected chi connectivity index (χ4v) is 2.16. The average molecular weight is 262 g/mol. The maximum atomic E-state index is 13.7. The van der Waals surface area contributed by atoms with Gasteiger partial charge in [-0.1, -0.05) is 37.3 Å². The van der Waals surface area contributed by atoms with Gasteiger partial charge in [-0.05, 0) is 35.7 Å². The molecular formula is C16H16F2O. The molecular weight excluding hydrogens is 246 g/mol. The van der Waals surface area contributed by atoms with Crippen LogP contribution in [0.2, 0.25) is 0 Å². The van der Waals surface area contributed by atoms with Gasteiger partial charge < -0.3 is 5.11 Å². The molecule has 0 aromatic heterocycles. The normalized spacial score (nSPS) is 14.1. The van der Waals surface area contributed by atoms with Gasteiger partial charge in [-0.3, -0.25) is 0 Å². The molecule has 1 nitrogen and oxygen atoms in total. The van der Waals surface area contributed by atoms with E-state index in [4.69, 9.17) is 0 Å². The Morgan fingerprint density at radius 3 is 2.21 bits per heavy atom. The molecule has 0 aliphatic heterocycles. The first-order valence-corrected chi connectivity index (χ1v) is 6.15. The van der Waals surface area contributed by atoms with Crippen LogP contribution in [-0.4, -0.2) is 11.7 Å². The first-order chi connectivity index (χ1) is 9.05. The first kappa shape index (κ1) is 13.7. The lowest BCUT2D eigenvalue weighted by atomic mass is 9.78. The van der Waals surface area contributed by atoms with Crippen LogP contribution < -0.4 is 0 Å². The van der Waals surface area contributed by atoms with Crippen LogP contribution in [0.4, 0.5) is 8.78 Å². The first-order valence-electron chi connectivity index (χ1n) is 6.15. The van der Waals surface area contributed by atoms with Gasteiger partial charge in [0.25, 0.3) is 0 Å². The van der Waals surface area contributed by atoms with Crippen LogP contribution in [0, 0.1) is 11.6 Å². The summed E-state index contributed by atoms with van der Waals surface area (Å²) >= 11 is 0. The highest BCUT2D eigenvalue weighted by Crippen LogP contribution is 2.28. The molecule has 2 aromatic rings. The quantitative estimate of drug-likeness (QED) is 0.894. The van der Waals surface area contributed by atoms with Crippen LogP contribution in [0.3, 0.4) is 0 Å². The van der Waals surface area contributed by atoms with E-state index < -0.39 is 5.41 Å². The Balaban J connectivity index is 2.33. The molecule has 0 bridgehead atoms. The summed E-state index contributed by atoms with van der Waals surface area (Å²) in [5.74, 6) is -0.612. The lowest BCUT2D eigenvalue weighted by Gasteiger charge is -2.28. The summed E-state index contributed by atoms with van der Waals surface area (Å²) in [5.41, 5.74) is 0.707. The fourth-order valence-electron chi connectivity index (χ4n) is 2.16. The van der Waals surface area contributed by atoms with Crippen LogP contribution in [0.5, 0.6) is 0 Å². The predicted octanol–water partition coefficient (Wildman–Crippen LogP) is 3.46. The molecule has 0 aliphatic carbocycles. The third-order valence-electron chi connectivity index (χ3n) is 3.43. The zero-order valence-electron chi connectivity index (χ0n) is 10.7. The smallest absolute Gasteiger partial charge is 0.126 e. The monoisotopic (exact) mass is 262 g/mol. The Labute approximate surface area is 111 Å². The molecule has 0 heterocycles. The number of aliphatic hydroxyl groups excluding tert-OH is 1. The second-order valence-electron chi connectivity index (χ2n) is 4.99. The molecule has 2 rings (SSSR count). The summed E-state index contributed by atoms with van der Waals surface area (Å²) in [6.45, 7) is 1.71. The molecule has 100 valence electrons. The number of hydrogen-bond acceptors (Lipinski definition) is 1. The Morgan fingerprint density at radius 1 is 1.00 bits per heavy atom. The second-order valence-corrected chi connectivity index (χ2v) is 4.99. The van der Waals surface area contributed by atoms with Gasteiger partial charge in [0.05, 0.1) is 6.61 Å². The van der Waals surface area contributed by atoms with Gasteiger partial charge in [-0.2, -0.15) is 0 Å². The zero-order chi connectivity index (χ0) is 13.9. The molecule has 1 atom stereocenters. The van der Waals surface area contributed by atoms with Gasteiger partial charge in [0.2, 0.25) is 0 Å². The van der Waals surface area contributed by atoms with Gasteiger partial charge in [0.15, 0.2) is 0 Å². The van der Waals surface area contributed by atoms with Crippen molar-refractivity contribution in [3.05, 3.63) is 71.3 Å². The highest BCUT2D eigenvalue weighted by atomic mass is 19.1. The lowest BCUT2D eigenvalue weighted by molar-refractivity contribution is 0.203. The maximum Gasteiger partial charge on any atom is 0.126 e. The van der Waals surface area contributed by atoms with Crippen LogP contribution in [0.1, 0.15) is 18.1 Å². The van der Waals surface area contributed by atoms with Crippen molar-refractivity contribution in [1.82, 2.24) is 0 Å². The summed E-state index contributed by atoms with van der Waals surface area (Å²) < 4.78 is 26.6. The molecule has 19 heavy (non-hydrogen) atoms. The number of benzene rings is 2. The average Bonchev–Trinajstić information content (AvgIpc) is 2.42. The number of hydrogen-bond donors (Lipinski definition) is 1. The minimum absolute atomic E-state index is 0.132. The third-order valence-corrected chi connectivity index (χ3v) is 3.43. The Kier molecular flexibility index (Phi) is 3.96. The van der Waals surface area contributed by atoms with Crippen molar-refractivity contribution in [3.63, 3.8) is 0 Å². The summed E-state index contributed by atoms with van der Waals surface area (Å²) in [5, 5.41) is 9.64. The minimum atomic E-state index is -0.629. The summed E-state index contributed by atoms with van der Waals surface area (Å²) in [4.78, 5) is 0.